The summed E-state index contributed by atoms with van der Waals surface area (Å²) in [5.41, 5.74) is 1.71. The van der Waals surface area contributed by atoms with Crippen molar-refractivity contribution in [1.82, 2.24) is 0 Å². The third kappa shape index (κ3) is 2.82. The van der Waals surface area contributed by atoms with Crippen LogP contribution >= 0.6 is 0 Å². The minimum absolute atomic E-state index is 0.0357. The number of ether oxygens (including phenoxy) is 2. The van der Waals surface area contributed by atoms with Gasteiger partial charge in [-0.05, 0) is 44.0 Å². The van der Waals surface area contributed by atoms with Crippen molar-refractivity contribution in [3.63, 3.8) is 0 Å². The highest BCUT2D eigenvalue weighted by Crippen LogP contribution is 2.30. The molecule has 1 N–H and O–H groups in total. The van der Waals surface area contributed by atoms with Crippen LogP contribution in [0.2, 0.25) is 0 Å². The fourth-order valence-electron chi connectivity index (χ4n) is 2.45. The van der Waals surface area contributed by atoms with E-state index in [1.165, 1.54) is 12.1 Å². The van der Waals surface area contributed by atoms with E-state index in [1.54, 1.807) is 7.11 Å². The molecule has 3 unspecified atom stereocenters. The van der Waals surface area contributed by atoms with E-state index >= 15 is 0 Å². The van der Waals surface area contributed by atoms with Crippen LogP contribution in [-0.4, -0.2) is 32.0 Å². The van der Waals surface area contributed by atoms with E-state index in [0.29, 0.717) is 6.61 Å². The van der Waals surface area contributed by atoms with Gasteiger partial charge < -0.3 is 14.8 Å². The molecule has 0 saturated heterocycles. The van der Waals surface area contributed by atoms with Crippen molar-refractivity contribution in [1.29, 1.82) is 0 Å². The summed E-state index contributed by atoms with van der Waals surface area (Å²) in [5, 5.41) is 3.30. The Morgan fingerprint density at radius 3 is 2.78 bits per heavy atom. The standard InChI is InChI=1S/C14H20FNO2/c1-4-18-13-8-12(14(13)17-3)16-11-6-9(2)5-10(15)7-11/h5-7,12-14,16H,4,8H2,1-3H3. The maximum atomic E-state index is 13.3. The fourth-order valence-corrected chi connectivity index (χ4v) is 2.45. The molecule has 1 aromatic carbocycles. The summed E-state index contributed by atoms with van der Waals surface area (Å²) in [7, 11) is 1.68. The highest BCUT2D eigenvalue weighted by atomic mass is 19.1. The third-order valence-corrected chi connectivity index (χ3v) is 3.30. The third-order valence-electron chi connectivity index (χ3n) is 3.30. The average Bonchev–Trinajstić information content (AvgIpc) is 2.26. The number of nitrogens with one attached hydrogen (secondary N) is 1. The van der Waals surface area contributed by atoms with Gasteiger partial charge in [0.1, 0.15) is 11.9 Å². The summed E-state index contributed by atoms with van der Waals surface area (Å²) in [6.45, 7) is 4.55. The molecule has 0 amide bonds. The second kappa shape index (κ2) is 5.67. The minimum atomic E-state index is -0.216. The van der Waals surface area contributed by atoms with Crippen LogP contribution in [0.25, 0.3) is 0 Å². The first-order chi connectivity index (χ1) is 8.63. The van der Waals surface area contributed by atoms with Crippen molar-refractivity contribution in [2.75, 3.05) is 19.0 Å². The Balaban J connectivity index is 1.98. The smallest absolute Gasteiger partial charge is 0.125 e. The molecule has 1 aliphatic rings. The van der Waals surface area contributed by atoms with Gasteiger partial charge >= 0.3 is 0 Å². The molecule has 2 rings (SSSR count). The second-order valence-electron chi connectivity index (χ2n) is 4.70. The molecule has 3 nitrogen and oxygen atoms in total. The molecule has 100 valence electrons. The van der Waals surface area contributed by atoms with Crippen LogP contribution in [0.1, 0.15) is 18.9 Å². The Labute approximate surface area is 107 Å². The van der Waals surface area contributed by atoms with E-state index in [9.17, 15) is 4.39 Å². The molecule has 0 bridgehead atoms. The van der Waals surface area contributed by atoms with Gasteiger partial charge in [0.15, 0.2) is 0 Å². The van der Waals surface area contributed by atoms with Gasteiger partial charge in [-0.15, -0.1) is 0 Å². The predicted molar refractivity (Wildman–Crippen MR) is 69.4 cm³/mol. The van der Waals surface area contributed by atoms with E-state index in [1.807, 2.05) is 19.9 Å². The summed E-state index contributed by atoms with van der Waals surface area (Å²) in [4.78, 5) is 0. The zero-order valence-electron chi connectivity index (χ0n) is 11.1. The average molecular weight is 253 g/mol. The molecular formula is C14H20FNO2. The first-order valence-corrected chi connectivity index (χ1v) is 6.32. The van der Waals surface area contributed by atoms with E-state index in [2.05, 4.69) is 5.32 Å². The van der Waals surface area contributed by atoms with Crippen LogP contribution in [0.3, 0.4) is 0 Å². The number of rotatable bonds is 5. The summed E-state index contributed by atoms with van der Waals surface area (Å²) >= 11 is 0. The van der Waals surface area contributed by atoms with Crippen molar-refractivity contribution in [3.8, 4) is 0 Å². The van der Waals surface area contributed by atoms with Gasteiger partial charge in [-0.2, -0.15) is 0 Å². The van der Waals surface area contributed by atoms with Crippen molar-refractivity contribution >= 4 is 5.69 Å². The number of benzene rings is 1. The lowest BCUT2D eigenvalue weighted by atomic mass is 9.85. The predicted octanol–water partition coefficient (Wildman–Crippen LogP) is 2.74. The topological polar surface area (TPSA) is 30.5 Å². The maximum Gasteiger partial charge on any atom is 0.125 e. The maximum absolute atomic E-state index is 13.3. The molecule has 1 fully saturated rings. The largest absolute Gasteiger partial charge is 0.379 e. The van der Waals surface area contributed by atoms with Crippen LogP contribution in [0.4, 0.5) is 10.1 Å². The minimum Gasteiger partial charge on any atom is -0.379 e. The second-order valence-corrected chi connectivity index (χ2v) is 4.70. The molecule has 0 radical (unpaired) electrons. The Morgan fingerprint density at radius 1 is 1.39 bits per heavy atom. The zero-order chi connectivity index (χ0) is 13.1. The van der Waals surface area contributed by atoms with E-state index in [0.717, 1.165) is 17.7 Å². The number of aryl methyl sites for hydroxylation is 1. The summed E-state index contributed by atoms with van der Waals surface area (Å²) in [5.74, 6) is -0.216. The van der Waals surface area contributed by atoms with Crippen LogP contribution in [0, 0.1) is 12.7 Å². The van der Waals surface area contributed by atoms with Crippen LogP contribution < -0.4 is 5.32 Å². The molecule has 0 aromatic heterocycles. The lowest BCUT2D eigenvalue weighted by Crippen LogP contribution is -2.56. The molecule has 18 heavy (non-hydrogen) atoms. The molecule has 1 aromatic rings. The molecular weight excluding hydrogens is 233 g/mol. The number of anilines is 1. The van der Waals surface area contributed by atoms with Crippen LogP contribution in [0.5, 0.6) is 0 Å². The highest BCUT2D eigenvalue weighted by Gasteiger charge is 2.42. The van der Waals surface area contributed by atoms with Gasteiger partial charge in [-0.25, -0.2) is 4.39 Å². The lowest BCUT2D eigenvalue weighted by molar-refractivity contribution is -0.118. The Kier molecular flexibility index (Phi) is 4.19. The first kappa shape index (κ1) is 13.3. The Bertz CT molecular complexity index is 391. The molecule has 0 aliphatic heterocycles. The van der Waals surface area contributed by atoms with Gasteiger partial charge in [-0.1, -0.05) is 0 Å². The fraction of sp³-hybridized carbons (Fsp3) is 0.571. The molecule has 4 heteroatoms. The summed E-state index contributed by atoms with van der Waals surface area (Å²) < 4.78 is 24.3. The molecule has 0 heterocycles. The zero-order valence-corrected chi connectivity index (χ0v) is 11.1. The lowest BCUT2D eigenvalue weighted by Gasteiger charge is -2.43. The molecule has 3 atom stereocenters. The van der Waals surface area contributed by atoms with Crippen LogP contribution in [0.15, 0.2) is 18.2 Å². The van der Waals surface area contributed by atoms with Gasteiger partial charge in [0.2, 0.25) is 0 Å². The summed E-state index contributed by atoms with van der Waals surface area (Å²) in [6, 6.07) is 5.15. The Morgan fingerprint density at radius 2 is 2.17 bits per heavy atom. The van der Waals surface area contributed by atoms with Crippen molar-refractivity contribution in [2.24, 2.45) is 0 Å². The van der Waals surface area contributed by atoms with Crippen molar-refractivity contribution < 1.29 is 13.9 Å². The highest BCUT2D eigenvalue weighted by molar-refractivity contribution is 5.47. The summed E-state index contributed by atoms with van der Waals surface area (Å²) in [6.07, 6.45) is 1.07. The molecule has 0 spiro atoms. The van der Waals surface area contributed by atoms with Gasteiger partial charge in [-0.3, -0.25) is 0 Å². The van der Waals surface area contributed by atoms with Gasteiger partial charge in [0.05, 0.1) is 12.1 Å². The van der Waals surface area contributed by atoms with Crippen LogP contribution in [-0.2, 0) is 9.47 Å². The van der Waals surface area contributed by atoms with E-state index in [-0.39, 0.29) is 24.1 Å². The molecule has 1 saturated carbocycles. The SMILES string of the molecule is CCOC1CC(Nc2cc(C)cc(F)c2)C1OC. The van der Waals surface area contributed by atoms with E-state index in [4.69, 9.17) is 9.47 Å². The number of hydrogen-bond acceptors (Lipinski definition) is 3. The monoisotopic (exact) mass is 253 g/mol. The van der Waals surface area contributed by atoms with E-state index < -0.39 is 0 Å². The van der Waals surface area contributed by atoms with Gasteiger partial charge in [0, 0.05) is 19.4 Å². The Hall–Kier alpha value is -1.13. The normalized spacial score (nSPS) is 26.8. The number of methoxy groups -OCH3 is 1. The first-order valence-electron chi connectivity index (χ1n) is 6.32. The van der Waals surface area contributed by atoms with Crippen molar-refractivity contribution in [2.45, 2.75) is 38.5 Å². The number of hydrogen-bond donors (Lipinski definition) is 1. The van der Waals surface area contributed by atoms with Gasteiger partial charge in [0.25, 0.3) is 0 Å². The quantitative estimate of drug-likeness (QED) is 0.875. The molecule has 1 aliphatic carbocycles. The number of halogens is 1. The van der Waals surface area contributed by atoms with Crippen molar-refractivity contribution in [3.05, 3.63) is 29.6 Å².